The van der Waals surface area contributed by atoms with Crippen LogP contribution in [-0.4, -0.2) is 35.1 Å². The van der Waals surface area contributed by atoms with Crippen LogP contribution in [-0.2, 0) is 0 Å². The normalized spacial score (nSPS) is 18.6. The molecule has 1 fully saturated rings. The quantitative estimate of drug-likeness (QED) is 0.938. The minimum atomic E-state index is 0.460. The number of rotatable bonds is 3. The standard InChI is InChI=1S/C16H21N5/c1-12-9-16(19-11-18-12)21-8-4-5-13(10-21)14-6-3-7-15(17-2)20-14/h3,6-7,9,11,13H,4-5,8,10H2,1-2H3,(H,17,20)/t13-/m1/s1. The Hall–Kier alpha value is -2.17. The van der Waals surface area contributed by atoms with Gasteiger partial charge in [-0.05, 0) is 31.9 Å². The Bertz CT molecular complexity index is 613. The van der Waals surface area contributed by atoms with Gasteiger partial charge in [0.2, 0.25) is 0 Å². The Labute approximate surface area is 125 Å². The van der Waals surface area contributed by atoms with Crippen LogP contribution in [0.2, 0.25) is 0 Å². The van der Waals surface area contributed by atoms with Gasteiger partial charge in [-0.3, -0.25) is 0 Å². The second-order valence-corrected chi connectivity index (χ2v) is 5.50. The summed E-state index contributed by atoms with van der Waals surface area (Å²) in [5.41, 5.74) is 2.18. The van der Waals surface area contributed by atoms with Crippen molar-refractivity contribution >= 4 is 11.6 Å². The van der Waals surface area contributed by atoms with Crippen LogP contribution in [0.4, 0.5) is 11.6 Å². The molecule has 3 rings (SSSR count). The summed E-state index contributed by atoms with van der Waals surface area (Å²) in [5.74, 6) is 2.42. The van der Waals surface area contributed by atoms with E-state index >= 15 is 0 Å². The van der Waals surface area contributed by atoms with E-state index in [4.69, 9.17) is 4.98 Å². The number of aryl methyl sites for hydroxylation is 1. The van der Waals surface area contributed by atoms with Crippen LogP contribution in [0.5, 0.6) is 0 Å². The number of piperidine rings is 1. The lowest BCUT2D eigenvalue weighted by Gasteiger charge is -2.33. The predicted octanol–water partition coefficient (Wildman–Crippen LogP) is 2.61. The topological polar surface area (TPSA) is 53.9 Å². The fourth-order valence-corrected chi connectivity index (χ4v) is 2.86. The average Bonchev–Trinajstić information content (AvgIpc) is 2.55. The lowest BCUT2D eigenvalue weighted by molar-refractivity contribution is 0.498. The van der Waals surface area contributed by atoms with E-state index < -0.39 is 0 Å². The minimum Gasteiger partial charge on any atom is -0.373 e. The van der Waals surface area contributed by atoms with Crippen LogP contribution >= 0.6 is 0 Å². The highest BCUT2D eigenvalue weighted by atomic mass is 15.2. The van der Waals surface area contributed by atoms with Gasteiger partial charge in [-0.2, -0.15) is 0 Å². The van der Waals surface area contributed by atoms with Crippen molar-refractivity contribution in [2.24, 2.45) is 0 Å². The van der Waals surface area contributed by atoms with Crippen LogP contribution in [0.3, 0.4) is 0 Å². The average molecular weight is 283 g/mol. The number of anilines is 2. The molecule has 0 unspecified atom stereocenters. The fraction of sp³-hybridized carbons (Fsp3) is 0.438. The Balaban J connectivity index is 1.79. The second-order valence-electron chi connectivity index (χ2n) is 5.50. The molecular formula is C16H21N5. The van der Waals surface area contributed by atoms with Gasteiger partial charge >= 0.3 is 0 Å². The second kappa shape index (κ2) is 6.08. The molecule has 0 radical (unpaired) electrons. The van der Waals surface area contributed by atoms with Crippen molar-refractivity contribution in [1.82, 2.24) is 15.0 Å². The largest absolute Gasteiger partial charge is 0.373 e. The van der Waals surface area contributed by atoms with Crippen LogP contribution in [0.15, 0.2) is 30.6 Å². The zero-order valence-electron chi connectivity index (χ0n) is 12.6. The van der Waals surface area contributed by atoms with Crippen LogP contribution < -0.4 is 10.2 Å². The maximum absolute atomic E-state index is 4.69. The van der Waals surface area contributed by atoms with Crippen molar-refractivity contribution in [1.29, 1.82) is 0 Å². The van der Waals surface area contributed by atoms with Crippen molar-refractivity contribution in [3.8, 4) is 0 Å². The summed E-state index contributed by atoms with van der Waals surface area (Å²) >= 11 is 0. The van der Waals surface area contributed by atoms with Gasteiger partial charge in [-0.15, -0.1) is 0 Å². The van der Waals surface area contributed by atoms with E-state index in [1.807, 2.05) is 20.0 Å². The molecule has 5 nitrogen and oxygen atoms in total. The maximum Gasteiger partial charge on any atom is 0.132 e. The minimum absolute atomic E-state index is 0.460. The molecule has 110 valence electrons. The van der Waals surface area contributed by atoms with Gasteiger partial charge in [0.25, 0.3) is 0 Å². The molecule has 1 aliphatic heterocycles. The highest BCUT2D eigenvalue weighted by Crippen LogP contribution is 2.28. The van der Waals surface area contributed by atoms with Gasteiger partial charge in [-0.25, -0.2) is 15.0 Å². The first-order valence-electron chi connectivity index (χ1n) is 7.44. The van der Waals surface area contributed by atoms with Crippen molar-refractivity contribution in [3.05, 3.63) is 42.0 Å². The predicted molar refractivity (Wildman–Crippen MR) is 84.7 cm³/mol. The molecule has 3 heterocycles. The van der Waals surface area contributed by atoms with E-state index in [1.165, 1.54) is 12.8 Å². The fourth-order valence-electron chi connectivity index (χ4n) is 2.86. The molecule has 1 atom stereocenters. The lowest BCUT2D eigenvalue weighted by atomic mass is 9.94. The van der Waals surface area contributed by atoms with E-state index in [1.54, 1.807) is 6.33 Å². The Kier molecular flexibility index (Phi) is 3.99. The summed E-state index contributed by atoms with van der Waals surface area (Å²) < 4.78 is 0. The van der Waals surface area contributed by atoms with E-state index in [9.17, 15) is 0 Å². The van der Waals surface area contributed by atoms with Crippen LogP contribution in [0.1, 0.15) is 30.1 Å². The number of hydrogen-bond acceptors (Lipinski definition) is 5. The first kappa shape index (κ1) is 13.8. The van der Waals surface area contributed by atoms with Gasteiger partial charge in [0.1, 0.15) is 18.0 Å². The number of nitrogens with one attached hydrogen (secondary N) is 1. The number of aromatic nitrogens is 3. The highest BCUT2D eigenvalue weighted by molar-refractivity contribution is 5.41. The SMILES string of the molecule is CNc1cccc([C@@H]2CCCN(c3cc(C)ncn3)C2)n1. The zero-order chi connectivity index (χ0) is 14.7. The first-order chi connectivity index (χ1) is 10.3. The molecule has 0 bridgehead atoms. The molecular weight excluding hydrogens is 262 g/mol. The summed E-state index contributed by atoms with van der Waals surface area (Å²) in [5, 5.41) is 3.11. The molecule has 2 aromatic heterocycles. The molecule has 21 heavy (non-hydrogen) atoms. The molecule has 1 aliphatic rings. The summed E-state index contributed by atoms with van der Waals surface area (Å²) in [6, 6.07) is 8.25. The number of nitrogens with zero attached hydrogens (tertiary/aromatic N) is 4. The van der Waals surface area contributed by atoms with Crippen molar-refractivity contribution < 1.29 is 0 Å². The van der Waals surface area contributed by atoms with Crippen LogP contribution in [0, 0.1) is 6.92 Å². The Morgan fingerprint density at radius 1 is 1.29 bits per heavy atom. The smallest absolute Gasteiger partial charge is 0.132 e. The van der Waals surface area contributed by atoms with E-state index in [2.05, 4.69) is 38.4 Å². The number of pyridine rings is 1. The van der Waals surface area contributed by atoms with Gasteiger partial charge < -0.3 is 10.2 Å². The molecule has 0 amide bonds. The van der Waals surface area contributed by atoms with Crippen molar-refractivity contribution in [3.63, 3.8) is 0 Å². The molecule has 5 heteroatoms. The van der Waals surface area contributed by atoms with E-state index in [0.717, 1.165) is 36.1 Å². The van der Waals surface area contributed by atoms with E-state index in [0.29, 0.717) is 5.92 Å². The molecule has 0 aliphatic carbocycles. The van der Waals surface area contributed by atoms with Crippen LogP contribution in [0.25, 0.3) is 0 Å². The van der Waals surface area contributed by atoms with Gasteiger partial charge in [0.15, 0.2) is 0 Å². The monoisotopic (exact) mass is 283 g/mol. The lowest BCUT2D eigenvalue weighted by Crippen LogP contribution is -2.35. The number of hydrogen-bond donors (Lipinski definition) is 1. The van der Waals surface area contributed by atoms with Crippen molar-refractivity contribution in [2.45, 2.75) is 25.7 Å². The summed E-state index contributed by atoms with van der Waals surface area (Å²) in [7, 11) is 1.91. The van der Waals surface area contributed by atoms with Crippen molar-refractivity contribution in [2.75, 3.05) is 30.4 Å². The third-order valence-electron chi connectivity index (χ3n) is 3.98. The molecule has 1 N–H and O–H groups in total. The Morgan fingerprint density at radius 3 is 3.00 bits per heavy atom. The molecule has 1 saturated heterocycles. The molecule has 0 spiro atoms. The summed E-state index contributed by atoms with van der Waals surface area (Å²) in [4.78, 5) is 15.6. The molecule has 0 saturated carbocycles. The third kappa shape index (κ3) is 3.12. The molecule has 2 aromatic rings. The zero-order valence-corrected chi connectivity index (χ0v) is 12.6. The van der Waals surface area contributed by atoms with Gasteiger partial charge in [-0.1, -0.05) is 6.07 Å². The first-order valence-corrected chi connectivity index (χ1v) is 7.44. The summed E-state index contributed by atoms with van der Waals surface area (Å²) in [6.07, 6.45) is 3.99. The Morgan fingerprint density at radius 2 is 2.19 bits per heavy atom. The summed E-state index contributed by atoms with van der Waals surface area (Å²) in [6.45, 7) is 4.03. The maximum atomic E-state index is 4.69. The van der Waals surface area contributed by atoms with Gasteiger partial charge in [0, 0.05) is 43.5 Å². The third-order valence-corrected chi connectivity index (χ3v) is 3.98. The highest BCUT2D eigenvalue weighted by Gasteiger charge is 2.23. The van der Waals surface area contributed by atoms with E-state index in [-0.39, 0.29) is 0 Å². The molecule has 0 aromatic carbocycles. The van der Waals surface area contributed by atoms with Gasteiger partial charge in [0.05, 0.1) is 0 Å².